The zero-order valence-corrected chi connectivity index (χ0v) is 15.0. The molecule has 1 N–H and O–H groups in total. The third-order valence-corrected chi connectivity index (χ3v) is 5.09. The zero-order chi connectivity index (χ0) is 17.1. The van der Waals surface area contributed by atoms with Crippen LogP contribution in [0.4, 0.5) is 5.82 Å². The van der Waals surface area contributed by atoms with Crippen molar-refractivity contribution in [2.45, 2.75) is 24.8 Å². The van der Waals surface area contributed by atoms with Gasteiger partial charge in [0, 0.05) is 36.8 Å². The highest BCUT2D eigenvalue weighted by Crippen LogP contribution is 2.38. The first kappa shape index (κ1) is 16.8. The van der Waals surface area contributed by atoms with Crippen LogP contribution in [0.25, 0.3) is 0 Å². The van der Waals surface area contributed by atoms with Crippen molar-refractivity contribution in [3.63, 3.8) is 0 Å². The highest BCUT2D eigenvalue weighted by Gasteiger charge is 2.27. The van der Waals surface area contributed by atoms with E-state index in [9.17, 15) is 0 Å². The minimum Gasteiger partial charge on any atom is -0.379 e. The monoisotopic (exact) mass is 358 g/mol. The lowest BCUT2D eigenvalue weighted by Gasteiger charge is -2.35. The van der Waals surface area contributed by atoms with Gasteiger partial charge in [-0.1, -0.05) is 23.7 Å². The molecule has 0 radical (unpaired) electrons. The van der Waals surface area contributed by atoms with Crippen molar-refractivity contribution in [2.24, 2.45) is 0 Å². The van der Waals surface area contributed by atoms with Gasteiger partial charge in [-0.05, 0) is 36.6 Å². The van der Waals surface area contributed by atoms with E-state index >= 15 is 0 Å². The molecular formula is C19H23ClN4O. The number of morpholine rings is 1. The summed E-state index contributed by atoms with van der Waals surface area (Å²) in [6.45, 7) is 4.23. The van der Waals surface area contributed by atoms with Crippen molar-refractivity contribution >= 4 is 17.4 Å². The minimum atomic E-state index is 0.264. The normalized spacial score (nSPS) is 19.6. The van der Waals surface area contributed by atoms with Gasteiger partial charge >= 0.3 is 0 Å². The van der Waals surface area contributed by atoms with E-state index in [-0.39, 0.29) is 6.04 Å². The van der Waals surface area contributed by atoms with Crippen LogP contribution in [0.1, 0.15) is 36.2 Å². The smallest absolute Gasteiger partial charge is 0.133 e. The van der Waals surface area contributed by atoms with Crippen LogP contribution in [0.15, 0.2) is 36.5 Å². The Morgan fingerprint density at radius 1 is 1.16 bits per heavy atom. The number of hydrogen-bond donors (Lipinski definition) is 1. The summed E-state index contributed by atoms with van der Waals surface area (Å²) in [6.07, 6.45) is 4.28. The fourth-order valence-electron chi connectivity index (χ4n) is 3.24. The average molecular weight is 359 g/mol. The van der Waals surface area contributed by atoms with Crippen LogP contribution in [-0.2, 0) is 4.74 Å². The zero-order valence-electron chi connectivity index (χ0n) is 14.2. The Morgan fingerprint density at radius 3 is 2.64 bits per heavy atom. The molecule has 132 valence electrons. The number of ether oxygens (including phenoxy) is 1. The summed E-state index contributed by atoms with van der Waals surface area (Å²) < 4.78 is 5.51. The number of aromatic nitrogens is 2. The van der Waals surface area contributed by atoms with Crippen molar-refractivity contribution in [3.05, 3.63) is 52.9 Å². The predicted molar refractivity (Wildman–Crippen MR) is 99.1 cm³/mol. The van der Waals surface area contributed by atoms with Crippen LogP contribution in [0.2, 0.25) is 5.02 Å². The summed E-state index contributed by atoms with van der Waals surface area (Å²) in [5, 5.41) is 4.28. The largest absolute Gasteiger partial charge is 0.379 e. The van der Waals surface area contributed by atoms with Crippen LogP contribution in [0.3, 0.4) is 0 Å². The third-order valence-electron chi connectivity index (χ3n) is 4.83. The van der Waals surface area contributed by atoms with E-state index in [4.69, 9.17) is 16.3 Å². The first-order valence-electron chi connectivity index (χ1n) is 8.94. The van der Waals surface area contributed by atoms with Gasteiger partial charge in [-0.25, -0.2) is 9.97 Å². The number of benzene rings is 1. The van der Waals surface area contributed by atoms with Crippen molar-refractivity contribution < 1.29 is 4.74 Å². The number of hydrogen-bond acceptors (Lipinski definition) is 5. The molecule has 1 saturated carbocycles. The standard InChI is InChI=1S/C19H23ClN4O/c20-16-5-3-14(4-6-16)17(24-9-11-25-12-10-24)13-22-18-7-8-21-19(23-18)15-1-2-15/h3-8,15,17H,1-2,9-13H2,(H,21,22,23). The summed E-state index contributed by atoms with van der Waals surface area (Å²) in [5.41, 5.74) is 1.26. The maximum Gasteiger partial charge on any atom is 0.133 e. The lowest BCUT2D eigenvalue weighted by atomic mass is 10.0. The predicted octanol–water partition coefficient (Wildman–Crippen LogP) is 3.49. The Bertz CT molecular complexity index is 699. The lowest BCUT2D eigenvalue weighted by Crippen LogP contribution is -2.41. The van der Waals surface area contributed by atoms with Crippen molar-refractivity contribution in [1.82, 2.24) is 14.9 Å². The molecule has 0 bridgehead atoms. The molecule has 1 saturated heterocycles. The molecule has 1 aromatic heterocycles. The summed E-state index contributed by atoms with van der Waals surface area (Å²) in [5.74, 6) is 2.44. The van der Waals surface area contributed by atoms with Gasteiger partial charge in [-0.3, -0.25) is 4.90 Å². The fraction of sp³-hybridized carbons (Fsp3) is 0.474. The molecule has 6 heteroatoms. The van der Waals surface area contributed by atoms with Crippen molar-refractivity contribution in [3.8, 4) is 0 Å². The van der Waals surface area contributed by atoms with Gasteiger partial charge in [-0.2, -0.15) is 0 Å². The van der Waals surface area contributed by atoms with Gasteiger partial charge in [-0.15, -0.1) is 0 Å². The third kappa shape index (κ3) is 4.29. The van der Waals surface area contributed by atoms with Gasteiger partial charge in [0.15, 0.2) is 0 Å². The Hall–Kier alpha value is -1.69. The van der Waals surface area contributed by atoms with Crippen LogP contribution in [0, 0.1) is 0 Å². The highest BCUT2D eigenvalue weighted by atomic mass is 35.5. The topological polar surface area (TPSA) is 50.3 Å². The van der Waals surface area contributed by atoms with E-state index in [2.05, 4.69) is 32.3 Å². The molecule has 0 amide bonds. The van der Waals surface area contributed by atoms with Crippen LogP contribution >= 0.6 is 11.6 Å². The molecule has 1 aliphatic heterocycles. The molecule has 2 fully saturated rings. The molecular weight excluding hydrogens is 336 g/mol. The van der Waals surface area contributed by atoms with E-state index in [1.165, 1.54) is 18.4 Å². The summed E-state index contributed by atoms with van der Waals surface area (Å²) in [7, 11) is 0. The van der Waals surface area contributed by atoms with Gasteiger partial charge in [0.05, 0.1) is 19.3 Å². The van der Waals surface area contributed by atoms with Crippen LogP contribution in [0.5, 0.6) is 0 Å². The Labute approximate surface area is 153 Å². The molecule has 2 aromatic rings. The van der Waals surface area contributed by atoms with E-state index in [1.807, 2.05) is 24.4 Å². The Balaban J connectivity index is 1.49. The summed E-state index contributed by atoms with van der Waals surface area (Å²) in [4.78, 5) is 11.5. The summed E-state index contributed by atoms with van der Waals surface area (Å²) >= 11 is 6.06. The van der Waals surface area contributed by atoms with E-state index in [0.29, 0.717) is 5.92 Å². The number of rotatable bonds is 6. The van der Waals surface area contributed by atoms with Gasteiger partial charge < -0.3 is 10.1 Å². The lowest BCUT2D eigenvalue weighted by molar-refractivity contribution is 0.0187. The molecule has 25 heavy (non-hydrogen) atoms. The Morgan fingerprint density at radius 2 is 1.92 bits per heavy atom. The van der Waals surface area contributed by atoms with Gasteiger partial charge in [0.1, 0.15) is 11.6 Å². The molecule has 2 aliphatic rings. The fourth-order valence-corrected chi connectivity index (χ4v) is 3.37. The molecule has 5 nitrogen and oxygen atoms in total. The molecule has 1 atom stereocenters. The van der Waals surface area contributed by atoms with Gasteiger partial charge in [0.2, 0.25) is 0 Å². The van der Waals surface area contributed by atoms with E-state index < -0.39 is 0 Å². The van der Waals surface area contributed by atoms with E-state index in [0.717, 1.165) is 49.5 Å². The number of nitrogens with zero attached hydrogens (tertiary/aromatic N) is 3. The molecule has 0 spiro atoms. The minimum absolute atomic E-state index is 0.264. The van der Waals surface area contributed by atoms with Crippen molar-refractivity contribution in [1.29, 1.82) is 0 Å². The highest BCUT2D eigenvalue weighted by molar-refractivity contribution is 6.30. The quantitative estimate of drug-likeness (QED) is 0.856. The second-order valence-electron chi connectivity index (χ2n) is 6.67. The molecule has 4 rings (SSSR count). The van der Waals surface area contributed by atoms with Crippen LogP contribution in [-0.4, -0.2) is 47.7 Å². The first-order valence-corrected chi connectivity index (χ1v) is 9.31. The van der Waals surface area contributed by atoms with Gasteiger partial charge in [0.25, 0.3) is 0 Å². The SMILES string of the molecule is Clc1ccc(C(CNc2ccnc(C3CC3)n2)N2CCOCC2)cc1. The van der Waals surface area contributed by atoms with Crippen molar-refractivity contribution in [2.75, 3.05) is 38.2 Å². The second kappa shape index (κ2) is 7.68. The number of nitrogens with one attached hydrogen (secondary N) is 1. The maximum absolute atomic E-state index is 6.06. The molecule has 1 aromatic carbocycles. The number of anilines is 1. The number of halogens is 1. The average Bonchev–Trinajstić information content (AvgIpc) is 3.50. The molecule has 1 aliphatic carbocycles. The first-order chi connectivity index (χ1) is 12.3. The molecule has 1 unspecified atom stereocenters. The summed E-state index contributed by atoms with van der Waals surface area (Å²) in [6, 6.07) is 10.4. The van der Waals surface area contributed by atoms with Crippen LogP contribution < -0.4 is 5.32 Å². The maximum atomic E-state index is 6.06. The molecule has 2 heterocycles. The second-order valence-corrected chi connectivity index (χ2v) is 7.11. The Kier molecular flexibility index (Phi) is 5.15. The van der Waals surface area contributed by atoms with E-state index in [1.54, 1.807) is 0 Å².